The minimum absolute atomic E-state index is 0.0138. The summed E-state index contributed by atoms with van der Waals surface area (Å²) in [4.78, 5) is 20.5. The van der Waals surface area contributed by atoms with Crippen molar-refractivity contribution in [2.45, 2.75) is 6.54 Å². The summed E-state index contributed by atoms with van der Waals surface area (Å²) in [7, 11) is 0. The van der Waals surface area contributed by atoms with Gasteiger partial charge in [-0.25, -0.2) is 4.79 Å². The van der Waals surface area contributed by atoms with Gasteiger partial charge in [-0.2, -0.15) is 0 Å². The number of nitrogens with one attached hydrogen (secondary N) is 1. The number of pyridine rings is 1. The number of aromatic nitrogens is 1. The van der Waals surface area contributed by atoms with Gasteiger partial charge in [0, 0.05) is 10.9 Å². The molecule has 0 saturated heterocycles. The molecular formula is C8H8FN2O3+. The van der Waals surface area contributed by atoms with Crippen LogP contribution in [0.4, 0.5) is 4.48 Å². The van der Waals surface area contributed by atoms with E-state index in [0.717, 1.165) is 6.20 Å². The van der Waals surface area contributed by atoms with Crippen molar-refractivity contribution < 1.29 is 24.0 Å². The topological polar surface area (TPSA) is 70.3 Å². The number of carbonyl (C=O) groups is 2. The Bertz CT molecular complexity index is 368. The fourth-order valence-corrected chi connectivity index (χ4v) is 0.912. The first-order valence-corrected chi connectivity index (χ1v) is 3.76. The van der Waals surface area contributed by atoms with E-state index in [1.807, 2.05) is 0 Å². The van der Waals surface area contributed by atoms with Crippen LogP contribution in [0.5, 0.6) is 0 Å². The van der Waals surface area contributed by atoms with Gasteiger partial charge in [0.15, 0.2) is 0 Å². The molecule has 5 nitrogen and oxygen atoms in total. The van der Waals surface area contributed by atoms with Gasteiger partial charge in [0.1, 0.15) is 12.1 Å². The molecule has 0 aliphatic carbocycles. The number of aromatic carboxylic acids is 1. The lowest BCUT2D eigenvalue weighted by Crippen LogP contribution is -2.32. The Hall–Kier alpha value is -1.98. The molecule has 74 valence electrons. The van der Waals surface area contributed by atoms with Gasteiger partial charge in [-0.05, 0) is 6.07 Å². The molecule has 0 aromatic carbocycles. The van der Waals surface area contributed by atoms with Crippen LogP contribution in [0.2, 0.25) is 0 Å². The van der Waals surface area contributed by atoms with E-state index in [0.29, 0.717) is 6.41 Å². The highest BCUT2D eigenvalue weighted by atomic mass is 19.2. The monoisotopic (exact) mass is 199 g/mol. The van der Waals surface area contributed by atoms with E-state index in [1.165, 1.54) is 12.1 Å². The molecule has 0 radical (unpaired) electrons. The predicted molar refractivity (Wildman–Crippen MR) is 43.0 cm³/mol. The molecule has 0 spiro atoms. The Morgan fingerprint density at radius 3 is 2.86 bits per heavy atom. The molecule has 1 aromatic heterocycles. The summed E-state index contributed by atoms with van der Waals surface area (Å²) in [6.07, 6.45) is 1.27. The second kappa shape index (κ2) is 4.31. The first-order valence-electron chi connectivity index (χ1n) is 3.76. The second-order valence-electron chi connectivity index (χ2n) is 2.52. The molecule has 0 unspecified atom stereocenters. The Kier molecular flexibility index (Phi) is 3.11. The molecule has 0 aliphatic rings. The maximum absolute atomic E-state index is 13.0. The van der Waals surface area contributed by atoms with Crippen LogP contribution in [0.3, 0.4) is 0 Å². The molecule has 1 amide bonds. The van der Waals surface area contributed by atoms with Crippen molar-refractivity contribution in [3.63, 3.8) is 0 Å². The summed E-state index contributed by atoms with van der Waals surface area (Å²) in [5, 5.41) is 10.8. The van der Waals surface area contributed by atoms with Crippen molar-refractivity contribution in [2.75, 3.05) is 0 Å². The van der Waals surface area contributed by atoms with Gasteiger partial charge in [-0.1, -0.05) is 0 Å². The number of halogens is 1. The zero-order valence-electron chi connectivity index (χ0n) is 7.11. The van der Waals surface area contributed by atoms with Gasteiger partial charge in [0.05, 0.1) is 4.48 Å². The number of amides is 1. The van der Waals surface area contributed by atoms with Crippen LogP contribution in [0.1, 0.15) is 16.1 Å². The normalized spacial score (nSPS) is 9.50. The van der Waals surface area contributed by atoms with E-state index < -0.39 is 5.97 Å². The maximum Gasteiger partial charge on any atom is 0.341 e. The number of nitrogens with zero attached hydrogens (tertiary/aromatic N) is 1. The SMILES string of the molecule is O=CNCc1ccc(C(=O)O)c[n+]1F. The molecule has 0 bridgehead atoms. The Morgan fingerprint density at radius 2 is 2.36 bits per heavy atom. The van der Waals surface area contributed by atoms with Gasteiger partial charge in [0.25, 0.3) is 0 Å². The molecule has 0 saturated carbocycles. The van der Waals surface area contributed by atoms with Gasteiger partial charge in [0.2, 0.25) is 18.3 Å². The largest absolute Gasteiger partial charge is 0.477 e. The van der Waals surface area contributed by atoms with E-state index in [-0.39, 0.29) is 22.6 Å². The number of rotatable bonds is 4. The maximum atomic E-state index is 13.0. The number of hydrogen-bond acceptors (Lipinski definition) is 2. The van der Waals surface area contributed by atoms with Gasteiger partial charge in [-0.15, -0.1) is 0 Å². The first kappa shape index (κ1) is 10.1. The zero-order chi connectivity index (χ0) is 10.6. The third kappa shape index (κ3) is 2.25. The molecule has 1 rings (SSSR count). The first-order chi connectivity index (χ1) is 6.65. The number of carboxylic acid groups (broad SMARTS) is 1. The van der Waals surface area contributed by atoms with E-state index in [9.17, 15) is 14.1 Å². The van der Waals surface area contributed by atoms with Crippen molar-refractivity contribution in [2.24, 2.45) is 0 Å². The summed E-state index contributed by atoms with van der Waals surface area (Å²) in [6.45, 7) is 0.0138. The molecule has 6 heteroatoms. The summed E-state index contributed by atoms with van der Waals surface area (Å²) < 4.78 is 13.0. The van der Waals surface area contributed by atoms with Crippen molar-refractivity contribution in [1.29, 1.82) is 0 Å². The lowest BCUT2D eigenvalue weighted by molar-refractivity contribution is -0.849. The highest BCUT2D eigenvalue weighted by molar-refractivity contribution is 5.86. The van der Waals surface area contributed by atoms with Crippen LogP contribution in [0, 0.1) is 0 Å². The third-order valence-electron chi connectivity index (χ3n) is 1.60. The number of carboxylic acids is 1. The number of hydrogen-bond donors (Lipinski definition) is 2. The third-order valence-corrected chi connectivity index (χ3v) is 1.60. The van der Waals surface area contributed by atoms with Crippen LogP contribution in [-0.2, 0) is 11.3 Å². The summed E-state index contributed by atoms with van der Waals surface area (Å²) in [5.74, 6) is -1.20. The average molecular weight is 199 g/mol. The average Bonchev–Trinajstić information content (AvgIpc) is 2.15. The zero-order valence-corrected chi connectivity index (χ0v) is 7.11. The highest BCUT2D eigenvalue weighted by Crippen LogP contribution is 1.98. The summed E-state index contributed by atoms with van der Waals surface area (Å²) in [5.41, 5.74) is 0.0180. The molecule has 0 fully saturated rings. The molecule has 2 N–H and O–H groups in total. The predicted octanol–water partition coefficient (Wildman–Crippen LogP) is -0.349. The van der Waals surface area contributed by atoms with E-state index >= 15 is 0 Å². The van der Waals surface area contributed by atoms with Crippen molar-refractivity contribution in [1.82, 2.24) is 5.32 Å². The standard InChI is InChI=1S/C8H7FN2O3/c9-11-4-6(8(13)14)1-2-7(11)3-10-5-12/h1-2,4-5H,3H2,(H-,10,12,13,14)/p+1. The van der Waals surface area contributed by atoms with Crippen LogP contribution in [0.25, 0.3) is 0 Å². The minimum atomic E-state index is -1.20. The Labute approximate surface area is 78.7 Å². The molecule has 0 atom stereocenters. The molecule has 1 aromatic rings. The fourth-order valence-electron chi connectivity index (χ4n) is 0.912. The van der Waals surface area contributed by atoms with Crippen LogP contribution >= 0.6 is 0 Å². The quantitative estimate of drug-likeness (QED) is 0.651. The van der Waals surface area contributed by atoms with E-state index in [2.05, 4.69) is 5.32 Å². The van der Waals surface area contributed by atoms with Crippen molar-refractivity contribution in [3.05, 3.63) is 29.6 Å². The van der Waals surface area contributed by atoms with Gasteiger partial charge >= 0.3 is 5.97 Å². The van der Waals surface area contributed by atoms with Crippen LogP contribution in [0.15, 0.2) is 18.3 Å². The smallest absolute Gasteiger partial charge is 0.341 e. The minimum Gasteiger partial charge on any atom is -0.477 e. The van der Waals surface area contributed by atoms with Gasteiger partial charge < -0.3 is 10.4 Å². The second-order valence-corrected chi connectivity index (χ2v) is 2.52. The van der Waals surface area contributed by atoms with Gasteiger partial charge in [-0.3, -0.25) is 4.79 Å². The summed E-state index contributed by atoms with van der Waals surface area (Å²) >= 11 is 0. The number of carbonyl (C=O) groups excluding carboxylic acids is 1. The van der Waals surface area contributed by atoms with Crippen molar-refractivity contribution >= 4 is 12.4 Å². The van der Waals surface area contributed by atoms with Crippen LogP contribution < -0.4 is 10.1 Å². The lowest BCUT2D eigenvalue weighted by Gasteiger charge is -1.94. The van der Waals surface area contributed by atoms with Crippen LogP contribution in [-0.4, -0.2) is 17.5 Å². The Morgan fingerprint density at radius 1 is 1.64 bits per heavy atom. The van der Waals surface area contributed by atoms with E-state index in [4.69, 9.17) is 5.11 Å². The molecule has 1 heterocycles. The molecule has 14 heavy (non-hydrogen) atoms. The lowest BCUT2D eigenvalue weighted by atomic mass is 10.2. The molecular weight excluding hydrogens is 191 g/mol. The highest BCUT2D eigenvalue weighted by Gasteiger charge is 2.15. The van der Waals surface area contributed by atoms with Crippen molar-refractivity contribution in [3.8, 4) is 0 Å². The molecule has 0 aliphatic heterocycles. The van der Waals surface area contributed by atoms with E-state index in [1.54, 1.807) is 0 Å². The Balaban J connectivity index is 2.89. The summed E-state index contributed by atoms with van der Waals surface area (Å²) in [6, 6.07) is 2.56. The fraction of sp³-hybridized carbons (Fsp3) is 0.125.